The van der Waals surface area contributed by atoms with Gasteiger partial charge in [-0.25, -0.2) is 0 Å². The van der Waals surface area contributed by atoms with Crippen LogP contribution in [0.1, 0.15) is 11.4 Å². The number of carbonyl (C=O) groups excluding carboxylic acids is 1. The fourth-order valence-corrected chi connectivity index (χ4v) is 1.12. The van der Waals surface area contributed by atoms with Crippen LogP contribution in [0.5, 0.6) is 0 Å². The predicted molar refractivity (Wildman–Crippen MR) is 52.1 cm³/mol. The summed E-state index contributed by atoms with van der Waals surface area (Å²) < 4.78 is 1.77. The van der Waals surface area contributed by atoms with Gasteiger partial charge in [0.05, 0.1) is 5.33 Å². The van der Waals surface area contributed by atoms with E-state index in [1.165, 1.54) is 0 Å². The molecule has 0 atom stereocenters. The maximum absolute atomic E-state index is 11.0. The Labute approximate surface area is 79.9 Å². The van der Waals surface area contributed by atoms with Gasteiger partial charge >= 0.3 is 0 Å². The third-order valence-electron chi connectivity index (χ3n) is 1.63. The van der Waals surface area contributed by atoms with E-state index in [1.807, 2.05) is 26.0 Å². The molecule has 1 amide bonds. The van der Waals surface area contributed by atoms with Crippen molar-refractivity contribution in [2.75, 3.05) is 10.8 Å². The Hall–Kier alpha value is -0.770. The lowest BCUT2D eigenvalue weighted by Gasteiger charge is -2.09. The van der Waals surface area contributed by atoms with Crippen molar-refractivity contribution in [3.63, 3.8) is 0 Å². The van der Waals surface area contributed by atoms with Gasteiger partial charge in [-0.1, -0.05) is 15.9 Å². The molecule has 0 bridgehead atoms. The van der Waals surface area contributed by atoms with Gasteiger partial charge in [0.2, 0.25) is 5.91 Å². The molecular formula is C8H11BrN2O. The van der Waals surface area contributed by atoms with Crippen LogP contribution in [0.4, 0.5) is 0 Å². The van der Waals surface area contributed by atoms with Crippen molar-refractivity contribution in [2.45, 2.75) is 13.8 Å². The monoisotopic (exact) mass is 230 g/mol. The second-order valence-electron chi connectivity index (χ2n) is 2.62. The van der Waals surface area contributed by atoms with E-state index in [1.54, 1.807) is 4.68 Å². The molecule has 0 aromatic carbocycles. The van der Waals surface area contributed by atoms with Gasteiger partial charge in [0.1, 0.15) is 0 Å². The number of aromatic nitrogens is 1. The van der Waals surface area contributed by atoms with Crippen LogP contribution in [0.3, 0.4) is 0 Å². The number of alkyl halides is 1. The summed E-state index contributed by atoms with van der Waals surface area (Å²) in [7, 11) is 0. The highest BCUT2D eigenvalue weighted by Gasteiger charge is 2.03. The molecule has 1 aromatic heterocycles. The van der Waals surface area contributed by atoms with Crippen molar-refractivity contribution < 1.29 is 4.79 Å². The summed E-state index contributed by atoms with van der Waals surface area (Å²) in [6.07, 6.45) is 0. The zero-order valence-corrected chi connectivity index (χ0v) is 8.68. The van der Waals surface area contributed by atoms with Crippen LogP contribution in [-0.2, 0) is 4.79 Å². The Morgan fingerprint density at radius 2 is 2.00 bits per heavy atom. The van der Waals surface area contributed by atoms with Gasteiger partial charge < -0.3 is 0 Å². The normalized spacial score (nSPS) is 9.92. The smallest absolute Gasteiger partial charge is 0.249 e. The molecule has 0 aliphatic carbocycles. The Morgan fingerprint density at radius 3 is 2.42 bits per heavy atom. The number of aryl methyl sites for hydroxylation is 2. The first-order valence-corrected chi connectivity index (χ1v) is 4.78. The van der Waals surface area contributed by atoms with Gasteiger partial charge in [0.15, 0.2) is 0 Å². The number of carbonyl (C=O) groups is 1. The number of nitrogens with zero attached hydrogens (tertiary/aromatic N) is 1. The maximum atomic E-state index is 11.0. The Kier molecular flexibility index (Phi) is 2.92. The number of amides is 1. The summed E-state index contributed by atoms with van der Waals surface area (Å²) in [5.74, 6) is -0.0441. The first-order chi connectivity index (χ1) is 5.65. The van der Waals surface area contributed by atoms with Gasteiger partial charge in [0.25, 0.3) is 0 Å². The van der Waals surface area contributed by atoms with Crippen LogP contribution in [0.15, 0.2) is 12.1 Å². The van der Waals surface area contributed by atoms with Gasteiger partial charge in [0, 0.05) is 11.4 Å². The molecular weight excluding hydrogens is 220 g/mol. The number of nitrogens with one attached hydrogen (secondary N) is 1. The van der Waals surface area contributed by atoms with Gasteiger partial charge in [-0.15, -0.1) is 0 Å². The van der Waals surface area contributed by atoms with E-state index in [4.69, 9.17) is 0 Å². The lowest BCUT2D eigenvalue weighted by Crippen LogP contribution is -2.25. The van der Waals surface area contributed by atoms with Crippen LogP contribution >= 0.6 is 15.9 Å². The van der Waals surface area contributed by atoms with Crippen molar-refractivity contribution in [1.29, 1.82) is 0 Å². The van der Waals surface area contributed by atoms with Crippen LogP contribution in [0, 0.1) is 13.8 Å². The summed E-state index contributed by atoms with van der Waals surface area (Å²) in [5, 5.41) is 0.323. The molecule has 0 aliphatic rings. The fourth-order valence-electron chi connectivity index (χ4n) is 0.999. The van der Waals surface area contributed by atoms with Gasteiger partial charge in [-0.2, -0.15) is 0 Å². The topological polar surface area (TPSA) is 34.0 Å². The van der Waals surface area contributed by atoms with E-state index < -0.39 is 0 Å². The molecule has 0 saturated heterocycles. The SMILES string of the molecule is Cc1ccc(C)n1NC(=O)CBr. The molecule has 0 radical (unpaired) electrons. The summed E-state index contributed by atoms with van der Waals surface area (Å²) in [4.78, 5) is 11.0. The van der Waals surface area contributed by atoms with Crippen molar-refractivity contribution >= 4 is 21.8 Å². The molecule has 1 heterocycles. The lowest BCUT2D eigenvalue weighted by molar-refractivity contribution is -0.114. The summed E-state index contributed by atoms with van der Waals surface area (Å²) in [6, 6.07) is 3.92. The van der Waals surface area contributed by atoms with Crippen LogP contribution in [-0.4, -0.2) is 15.9 Å². The zero-order chi connectivity index (χ0) is 9.14. The average Bonchev–Trinajstić information content (AvgIpc) is 2.35. The molecule has 0 unspecified atom stereocenters. The number of hydrogen-bond donors (Lipinski definition) is 1. The van der Waals surface area contributed by atoms with Crippen molar-refractivity contribution in [1.82, 2.24) is 4.68 Å². The molecule has 66 valence electrons. The van der Waals surface area contributed by atoms with Crippen molar-refractivity contribution in [3.05, 3.63) is 23.5 Å². The minimum atomic E-state index is -0.0441. The van der Waals surface area contributed by atoms with E-state index >= 15 is 0 Å². The van der Waals surface area contributed by atoms with E-state index in [0.717, 1.165) is 11.4 Å². The molecule has 4 heteroatoms. The lowest BCUT2D eigenvalue weighted by atomic mass is 10.5. The quantitative estimate of drug-likeness (QED) is 0.770. The molecule has 3 nitrogen and oxygen atoms in total. The second kappa shape index (κ2) is 3.76. The number of hydrogen-bond acceptors (Lipinski definition) is 1. The van der Waals surface area contributed by atoms with Gasteiger partial charge in [-0.05, 0) is 26.0 Å². The molecule has 0 spiro atoms. The standard InChI is InChI=1S/C8H11BrN2O/c1-6-3-4-7(2)11(6)10-8(12)5-9/h3-4H,5H2,1-2H3,(H,10,12). The fraction of sp³-hybridized carbons (Fsp3) is 0.375. The average molecular weight is 231 g/mol. The minimum Gasteiger partial charge on any atom is -0.272 e. The highest BCUT2D eigenvalue weighted by Crippen LogP contribution is 2.03. The minimum absolute atomic E-state index is 0.0441. The summed E-state index contributed by atoms with van der Waals surface area (Å²) >= 11 is 3.08. The maximum Gasteiger partial charge on any atom is 0.249 e. The number of halogens is 1. The predicted octanol–water partition coefficient (Wildman–Crippen LogP) is 1.57. The van der Waals surface area contributed by atoms with E-state index in [-0.39, 0.29) is 5.91 Å². The molecule has 1 aromatic rings. The highest BCUT2D eigenvalue weighted by molar-refractivity contribution is 9.09. The summed E-state index contributed by atoms with van der Waals surface area (Å²) in [6.45, 7) is 3.89. The van der Waals surface area contributed by atoms with E-state index in [2.05, 4.69) is 21.4 Å². The molecule has 0 fully saturated rings. The third kappa shape index (κ3) is 1.88. The Bertz CT molecular complexity index is 274. The van der Waals surface area contributed by atoms with Gasteiger partial charge in [-0.3, -0.25) is 14.9 Å². The van der Waals surface area contributed by atoms with Crippen LogP contribution in [0.25, 0.3) is 0 Å². The highest BCUT2D eigenvalue weighted by atomic mass is 79.9. The first kappa shape index (κ1) is 9.32. The molecule has 1 rings (SSSR count). The Morgan fingerprint density at radius 1 is 1.50 bits per heavy atom. The van der Waals surface area contributed by atoms with Crippen LogP contribution < -0.4 is 5.43 Å². The molecule has 0 saturated carbocycles. The third-order valence-corrected chi connectivity index (χ3v) is 2.14. The van der Waals surface area contributed by atoms with Crippen molar-refractivity contribution in [3.8, 4) is 0 Å². The van der Waals surface area contributed by atoms with E-state index in [0.29, 0.717) is 5.33 Å². The summed E-state index contributed by atoms with van der Waals surface area (Å²) in [5.41, 5.74) is 4.80. The molecule has 1 N–H and O–H groups in total. The second-order valence-corrected chi connectivity index (χ2v) is 3.18. The van der Waals surface area contributed by atoms with Crippen molar-refractivity contribution in [2.24, 2.45) is 0 Å². The van der Waals surface area contributed by atoms with E-state index in [9.17, 15) is 4.79 Å². The zero-order valence-electron chi connectivity index (χ0n) is 7.10. The largest absolute Gasteiger partial charge is 0.272 e. The molecule has 12 heavy (non-hydrogen) atoms. The Balaban J connectivity index is 2.80. The number of rotatable bonds is 2. The first-order valence-electron chi connectivity index (χ1n) is 3.66. The molecule has 0 aliphatic heterocycles. The van der Waals surface area contributed by atoms with Crippen LogP contribution in [0.2, 0.25) is 0 Å².